The fourth-order valence-electron chi connectivity index (χ4n) is 12.1. The van der Waals surface area contributed by atoms with Crippen LogP contribution in [0.1, 0.15) is 425 Å². The maximum absolute atomic E-state index is 12.6. The molecule has 0 aliphatic rings. The van der Waals surface area contributed by atoms with Crippen LogP contribution in [0, 0.1) is 0 Å². The molecule has 0 aliphatic carbocycles. The van der Waals surface area contributed by atoms with Gasteiger partial charge in [-0.15, -0.1) is 0 Å². The largest absolute Gasteiger partial charge is 0.466 e. The minimum absolute atomic E-state index is 0.00480. The molecule has 3 N–H and O–H groups in total. The fourth-order valence-corrected chi connectivity index (χ4v) is 12.1. The van der Waals surface area contributed by atoms with E-state index >= 15 is 0 Å². The molecule has 84 heavy (non-hydrogen) atoms. The lowest BCUT2D eigenvalue weighted by Crippen LogP contribution is -2.45. The van der Waals surface area contributed by atoms with Crippen LogP contribution in [0.4, 0.5) is 0 Å². The predicted molar refractivity (Wildman–Crippen MR) is 370 cm³/mol. The van der Waals surface area contributed by atoms with Crippen LogP contribution in [-0.2, 0) is 14.3 Å². The number of aliphatic hydroxyl groups excluding tert-OH is 2. The highest BCUT2D eigenvalue weighted by molar-refractivity contribution is 5.76. The topological polar surface area (TPSA) is 95.9 Å². The van der Waals surface area contributed by atoms with E-state index in [1.54, 1.807) is 0 Å². The number of allylic oxidation sites excluding steroid dienone is 6. The summed E-state index contributed by atoms with van der Waals surface area (Å²) in [5.74, 6) is -0.0264. The highest BCUT2D eigenvalue weighted by atomic mass is 16.5. The van der Waals surface area contributed by atoms with E-state index in [4.69, 9.17) is 4.74 Å². The first kappa shape index (κ1) is 82.1. The molecule has 0 aromatic rings. The van der Waals surface area contributed by atoms with Gasteiger partial charge < -0.3 is 20.3 Å². The summed E-state index contributed by atoms with van der Waals surface area (Å²) in [6.07, 6.45) is 95.0. The summed E-state index contributed by atoms with van der Waals surface area (Å²) in [5.41, 5.74) is 0. The average molecular weight is 1180 g/mol. The zero-order valence-corrected chi connectivity index (χ0v) is 56.9. The smallest absolute Gasteiger partial charge is 0.305 e. The van der Waals surface area contributed by atoms with E-state index < -0.39 is 12.1 Å². The third-order valence-corrected chi connectivity index (χ3v) is 17.9. The first-order valence-electron chi connectivity index (χ1n) is 38.2. The summed E-state index contributed by atoms with van der Waals surface area (Å²) in [4.78, 5) is 24.6. The maximum Gasteiger partial charge on any atom is 0.305 e. The van der Waals surface area contributed by atoms with Gasteiger partial charge in [0.25, 0.3) is 0 Å². The monoisotopic (exact) mass is 1180 g/mol. The molecule has 1 amide bonds. The van der Waals surface area contributed by atoms with Crippen molar-refractivity contribution >= 4 is 11.9 Å². The van der Waals surface area contributed by atoms with E-state index in [9.17, 15) is 19.8 Å². The Bertz CT molecular complexity index is 1360. The summed E-state index contributed by atoms with van der Waals surface area (Å²) < 4.78 is 5.49. The van der Waals surface area contributed by atoms with E-state index in [2.05, 4.69) is 55.6 Å². The summed E-state index contributed by atoms with van der Waals surface area (Å²) in [6, 6.07) is -0.544. The second kappa shape index (κ2) is 73.5. The third-order valence-electron chi connectivity index (χ3n) is 17.9. The van der Waals surface area contributed by atoms with Crippen molar-refractivity contribution in [1.82, 2.24) is 5.32 Å². The van der Waals surface area contributed by atoms with Gasteiger partial charge in [-0.05, 0) is 83.5 Å². The molecule has 0 spiro atoms. The molecule has 0 saturated heterocycles. The molecule has 0 aromatic heterocycles. The van der Waals surface area contributed by atoms with E-state index in [1.165, 1.54) is 340 Å². The zero-order valence-electron chi connectivity index (χ0n) is 56.9. The fraction of sp³-hybridized carbons (Fsp3) is 0.897. The number of amides is 1. The first-order valence-corrected chi connectivity index (χ1v) is 38.2. The minimum atomic E-state index is -0.667. The van der Waals surface area contributed by atoms with Crippen LogP contribution in [0.3, 0.4) is 0 Å². The number of unbranched alkanes of at least 4 members (excludes halogenated alkanes) is 55. The Kier molecular flexibility index (Phi) is 71.9. The first-order chi connectivity index (χ1) is 41.5. The van der Waals surface area contributed by atoms with E-state index in [0.717, 1.165) is 51.4 Å². The zero-order chi connectivity index (χ0) is 60.6. The molecule has 2 unspecified atom stereocenters. The van der Waals surface area contributed by atoms with Crippen molar-refractivity contribution in [2.24, 2.45) is 0 Å². The molecule has 0 saturated carbocycles. The molecule has 0 rings (SSSR count). The number of ether oxygens (including phenoxy) is 1. The van der Waals surface area contributed by atoms with Gasteiger partial charge in [-0.2, -0.15) is 0 Å². The SMILES string of the molecule is CCCCCCCC/C=C\CCCCCCCC(=O)OCCCCCCCCCCC/C=C\C/C=C\CCCCCCCCCCCCCCCC(=O)NC(CO)C(O)CCCCCCCCCCCCCCCCCCCCCCCCC. The number of carbonyl (C=O) groups is 2. The Morgan fingerprint density at radius 3 is 0.917 bits per heavy atom. The van der Waals surface area contributed by atoms with Crippen LogP contribution in [0.15, 0.2) is 36.5 Å². The highest BCUT2D eigenvalue weighted by Crippen LogP contribution is 2.19. The molecular formula is C78H149NO5. The Morgan fingerprint density at radius 2 is 0.595 bits per heavy atom. The Hall–Kier alpha value is -1.92. The van der Waals surface area contributed by atoms with Crippen LogP contribution in [0.2, 0.25) is 0 Å². The van der Waals surface area contributed by atoms with Gasteiger partial charge in [-0.3, -0.25) is 9.59 Å². The minimum Gasteiger partial charge on any atom is -0.466 e. The molecule has 0 bridgehead atoms. The molecule has 0 aromatic carbocycles. The molecule has 6 heteroatoms. The molecule has 0 radical (unpaired) electrons. The van der Waals surface area contributed by atoms with Crippen LogP contribution in [0.5, 0.6) is 0 Å². The van der Waals surface area contributed by atoms with Crippen molar-refractivity contribution in [2.75, 3.05) is 13.2 Å². The lowest BCUT2D eigenvalue weighted by molar-refractivity contribution is -0.143. The van der Waals surface area contributed by atoms with Gasteiger partial charge in [0.05, 0.1) is 25.4 Å². The van der Waals surface area contributed by atoms with Crippen LogP contribution >= 0.6 is 0 Å². The maximum atomic E-state index is 12.6. The number of carbonyl (C=O) groups excluding carboxylic acids is 2. The van der Waals surface area contributed by atoms with Crippen LogP contribution in [-0.4, -0.2) is 47.4 Å². The summed E-state index contributed by atoms with van der Waals surface area (Å²) in [5, 5.41) is 23.5. The van der Waals surface area contributed by atoms with Crippen LogP contribution < -0.4 is 5.32 Å². The molecule has 0 aliphatic heterocycles. The van der Waals surface area contributed by atoms with Gasteiger partial charge in [0.2, 0.25) is 5.91 Å². The molecule has 0 heterocycles. The second-order valence-corrected chi connectivity index (χ2v) is 26.3. The van der Waals surface area contributed by atoms with Gasteiger partial charge in [0.1, 0.15) is 0 Å². The van der Waals surface area contributed by atoms with Gasteiger partial charge in [-0.1, -0.05) is 365 Å². The number of hydrogen-bond acceptors (Lipinski definition) is 5. The number of esters is 1. The van der Waals surface area contributed by atoms with Crippen molar-refractivity contribution in [3.05, 3.63) is 36.5 Å². The predicted octanol–water partition coefficient (Wildman–Crippen LogP) is 25.0. The normalized spacial score (nSPS) is 12.7. The second-order valence-electron chi connectivity index (χ2n) is 26.3. The quantitative estimate of drug-likeness (QED) is 0.0320. The number of rotatable bonds is 72. The van der Waals surface area contributed by atoms with Gasteiger partial charge in [0, 0.05) is 12.8 Å². The van der Waals surface area contributed by atoms with Gasteiger partial charge >= 0.3 is 5.97 Å². The molecular weight excluding hydrogens is 1030 g/mol. The lowest BCUT2D eigenvalue weighted by atomic mass is 10.0. The van der Waals surface area contributed by atoms with Crippen LogP contribution in [0.25, 0.3) is 0 Å². The van der Waals surface area contributed by atoms with Crippen molar-refractivity contribution in [3.63, 3.8) is 0 Å². The number of aliphatic hydroxyl groups is 2. The van der Waals surface area contributed by atoms with E-state index in [0.29, 0.717) is 25.9 Å². The summed E-state index contributed by atoms with van der Waals surface area (Å²) >= 11 is 0. The summed E-state index contributed by atoms with van der Waals surface area (Å²) in [6.45, 7) is 4.98. The van der Waals surface area contributed by atoms with E-state index in [1.807, 2.05) is 0 Å². The Morgan fingerprint density at radius 1 is 0.333 bits per heavy atom. The van der Waals surface area contributed by atoms with Crippen molar-refractivity contribution in [3.8, 4) is 0 Å². The molecule has 496 valence electrons. The summed E-state index contributed by atoms with van der Waals surface area (Å²) in [7, 11) is 0. The molecule has 2 atom stereocenters. The van der Waals surface area contributed by atoms with Crippen molar-refractivity contribution in [2.45, 2.75) is 437 Å². The number of hydrogen-bond donors (Lipinski definition) is 3. The Labute approximate surface area is 525 Å². The van der Waals surface area contributed by atoms with Crippen molar-refractivity contribution < 1.29 is 24.5 Å². The lowest BCUT2D eigenvalue weighted by Gasteiger charge is -2.22. The number of nitrogens with one attached hydrogen (secondary N) is 1. The Balaban J connectivity index is 3.40. The van der Waals surface area contributed by atoms with Gasteiger partial charge in [-0.25, -0.2) is 0 Å². The third kappa shape index (κ3) is 69.2. The highest BCUT2D eigenvalue weighted by Gasteiger charge is 2.20. The van der Waals surface area contributed by atoms with Gasteiger partial charge in [0.15, 0.2) is 0 Å². The van der Waals surface area contributed by atoms with Crippen molar-refractivity contribution in [1.29, 1.82) is 0 Å². The molecule has 6 nitrogen and oxygen atoms in total. The average Bonchev–Trinajstić information content (AvgIpc) is 3.51. The van der Waals surface area contributed by atoms with E-state index in [-0.39, 0.29) is 18.5 Å². The molecule has 0 fully saturated rings. The standard InChI is InChI=1S/C78H149NO5/c1-3-5-7-9-11-13-15-17-19-20-21-22-30-33-36-39-43-46-50-54-58-62-66-70-76(81)75(74-80)79-77(82)71-67-63-59-55-51-47-44-40-37-34-31-28-26-24-23-25-27-29-32-35-38-41-45-49-53-57-61-65-69-73-84-78(83)72-68-64-60-56-52-48-42-18-16-14-12-10-8-6-4-2/h18,23,25,29,32,42,75-76,80-81H,3-17,19-22,24,26-28,30-31,33-41,43-74H2,1-2H3,(H,79,82)/b25-23-,32-29-,42-18-.